The molecule has 0 atom stereocenters. The minimum atomic E-state index is -1.43. The van der Waals surface area contributed by atoms with Gasteiger partial charge in [-0.3, -0.25) is 9.78 Å². The summed E-state index contributed by atoms with van der Waals surface area (Å²) in [5.74, 6) is 3.79. The van der Waals surface area contributed by atoms with E-state index in [4.69, 9.17) is 10.5 Å². The van der Waals surface area contributed by atoms with Crippen LogP contribution in [0.1, 0.15) is 51.1 Å². The van der Waals surface area contributed by atoms with E-state index in [0.717, 1.165) is 51.7 Å². The van der Waals surface area contributed by atoms with Gasteiger partial charge in [0.2, 0.25) is 0 Å². The molecule has 2 aromatic heterocycles. The Labute approximate surface area is 201 Å². The summed E-state index contributed by atoms with van der Waals surface area (Å²) in [7, 11) is -1.43. The third kappa shape index (κ3) is 4.56. The average Bonchev–Trinajstić information content (AvgIpc) is 3.50. The Bertz CT molecular complexity index is 1350. The number of carbonyl (C=O) groups is 1. The van der Waals surface area contributed by atoms with Crippen molar-refractivity contribution in [3.8, 4) is 11.5 Å². The number of pyridine rings is 2. The van der Waals surface area contributed by atoms with Crippen molar-refractivity contribution in [2.24, 2.45) is 0 Å². The van der Waals surface area contributed by atoms with Crippen LogP contribution in [-0.4, -0.2) is 34.9 Å². The first-order valence-electron chi connectivity index (χ1n) is 11.8. The molecular weight excluding hydrogens is 440 g/mol. The van der Waals surface area contributed by atoms with Crippen LogP contribution in [0.3, 0.4) is 0 Å². The van der Waals surface area contributed by atoms with E-state index in [-0.39, 0.29) is 11.9 Å². The van der Waals surface area contributed by atoms with Crippen molar-refractivity contribution in [2.75, 3.05) is 5.73 Å². The Morgan fingerprint density at radius 3 is 2.65 bits per heavy atom. The highest BCUT2D eigenvalue weighted by Crippen LogP contribution is 2.34. The van der Waals surface area contributed by atoms with E-state index >= 15 is 0 Å². The molecule has 0 spiro atoms. The van der Waals surface area contributed by atoms with Crippen LogP contribution in [0.4, 0.5) is 5.82 Å². The van der Waals surface area contributed by atoms with Gasteiger partial charge in [-0.2, -0.15) is 0 Å². The highest BCUT2D eigenvalue weighted by Gasteiger charge is 2.34. The maximum absolute atomic E-state index is 13.7. The summed E-state index contributed by atoms with van der Waals surface area (Å²) in [6, 6.07) is 8.19. The van der Waals surface area contributed by atoms with Gasteiger partial charge >= 0.3 is 0 Å². The number of nitrogen functional groups attached to an aromatic ring is 1. The number of hydrogen-bond acceptors (Lipinski definition) is 5. The molecule has 0 unspecified atom stereocenters. The van der Waals surface area contributed by atoms with Gasteiger partial charge in [0.15, 0.2) is 0 Å². The van der Waals surface area contributed by atoms with E-state index in [1.807, 2.05) is 42.3 Å². The fourth-order valence-electron chi connectivity index (χ4n) is 4.29. The van der Waals surface area contributed by atoms with Crippen LogP contribution in [0.5, 0.6) is 0 Å². The summed E-state index contributed by atoms with van der Waals surface area (Å²) in [6.45, 7) is 10.1. The standard InChI is InChI=1S/C27H30N4O2Si/c1-17-11-25-22(23-15-33-16-24(23)26(28)30-25)12-21(17)27(32)31(20-7-8-20)14-19-6-5-18(13-29-19)9-10-34(2,3)4/h5-6,11-13,20H,7-8,14-16H2,1-4H3,(H2,28,30). The molecule has 1 aliphatic heterocycles. The molecule has 5 rings (SSSR count). The largest absolute Gasteiger partial charge is 0.383 e. The van der Waals surface area contributed by atoms with Gasteiger partial charge in [0.25, 0.3) is 5.91 Å². The number of rotatable bonds is 4. The molecule has 7 heteroatoms. The van der Waals surface area contributed by atoms with E-state index in [1.54, 1.807) is 0 Å². The Kier molecular flexibility index (Phi) is 5.66. The quantitative estimate of drug-likeness (QED) is 0.446. The van der Waals surface area contributed by atoms with Gasteiger partial charge < -0.3 is 15.4 Å². The topological polar surface area (TPSA) is 81.3 Å². The van der Waals surface area contributed by atoms with Crippen LogP contribution in [-0.2, 0) is 24.5 Å². The van der Waals surface area contributed by atoms with Crippen molar-refractivity contribution >= 4 is 30.7 Å². The lowest BCUT2D eigenvalue weighted by atomic mass is 9.98. The van der Waals surface area contributed by atoms with Crippen LogP contribution in [0, 0.1) is 18.4 Å². The maximum atomic E-state index is 13.7. The molecule has 0 saturated heterocycles. The normalized spacial score (nSPS) is 15.1. The SMILES string of the molecule is Cc1cc2nc(N)c3c(c2cc1C(=O)N(Cc1ccc(C#C[Si](C)(C)C)cn1)C1CC1)COC3. The third-order valence-corrected chi connectivity index (χ3v) is 7.17. The molecule has 1 aromatic carbocycles. The smallest absolute Gasteiger partial charge is 0.254 e. The van der Waals surface area contributed by atoms with Gasteiger partial charge in [0.05, 0.1) is 31.0 Å². The van der Waals surface area contributed by atoms with Crippen LogP contribution >= 0.6 is 0 Å². The van der Waals surface area contributed by atoms with Crippen molar-refractivity contribution in [3.63, 3.8) is 0 Å². The van der Waals surface area contributed by atoms with E-state index in [9.17, 15) is 4.79 Å². The average molecular weight is 471 g/mol. The van der Waals surface area contributed by atoms with E-state index in [1.165, 1.54) is 0 Å². The number of benzene rings is 1. The number of amides is 1. The number of hydrogen-bond donors (Lipinski definition) is 1. The maximum Gasteiger partial charge on any atom is 0.254 e. The molecule has 1 aliphatic carbocycles. The van der Waals surface area contributed by atoms with Gasteiger partial charge in [-0.1, -0.05) is 25.6 Å². The molecule has 1 fully saturated rings. The molecule has 2 aliphatic rings. The number of fused-ring (bicyclic) bond motifs is 3. The van der Waals surface area contributed by atoms with Crippen molar-refractivity contribution in [1.29, 1.82) is 0 Å². The summed E-state index contributed by atoms with van der Waals surface area (Å²) in [4.78, 5) is 24.9. The summed E-state index contributed by atoms with van der Waals surface area (Å²) in [5, 5.41) is 0.954. The third-order valence-electron chi connectivity index (χ3n) is 6.29. The predicted molar refractivity (Wildman–Crippen MR) is 137 cm³/mol. The lowest BCUT2D eigenvalue weighted by molar-refractivity contribution is 0.0727. The Morgan fingerprint density at radius 1 is 1.21 bits per heavy atom. The molecule has 6 nitrogen and oxygen atoms in total. The lowest BCUT2D eigenvalue weighted by Gasteiger charge is -2.23. The fraction of sp³-hybridized carbons (Fsp3) is 0.370. The molecular formula is C27H30N4O2Si. The number of nitrogens with two attached hydrogens (primary N) is 1. The molecule has 174 valence electrons. The molecule has 1 amide bonds. The zero-order valence-electron chi connectivity index (χ0n) is 20.2. The first-order valence-corrected chi connectivity index (χ1v) is 15.3. The fourth-order valence-corrected chi connectivity index (χ4v) is 4.81. The first kappa shape index (κ1) is 22.6. The number of nitrogens with zero attached hydrogens (tertiary/aromatic N) is 3. The summed E-state index contributed by atoms with van der Waals surface area (Å²) in [6.07, 6.45) is 3.87. The van der Waals surface area contributed by atoms with Crippen molar-refractivity contribution < 1.29 is 9.53 Å². The molecule has 1 saturated carbocycles. The number of aromatic nitrogens is 2. The molecule has 34 heavy (non-hydrogen) atoms. The van der Waals surface area contributed by atoms with E-state index in [0.29, 0.717) is 31.1 Å². The highest BCUT2D eigenvalue weighted by molar-refractivity contribution is 6.83. The number of ether oxygens (including phenoxy) is 1. The number of carbonyl (C=O) groups excluding carboxylic acids is 1. The van der Waals surface area contributed by atoms with Crippen molar-refractivity contribution in [1.82, 2.24) is 14.9 Å². The number of anilines is 1. The molecule has 3 heterocycles. The zero-order valence-corrected chi connectivity index (χ0v) is 21.2. The first-order chi connectivity index (χ1) is 16.2. The predicted octanol–water partition coefficient (Wildman–Crippen LogP) is 4.58. The molecule has 3 aromatic rings. The minimum Gasteiger partial charge on any atom is -0.383 e. The summed E-state index contributed by atoms with van der Waals surface area (Å²) in [5.41, 5.74) is 15.7. The van der Waals surface area contributed by atoms with Gasteiger partial charge in [0.1, 0.15) is 13.9 Å². The second-order valence-electron chi connectivity index (χ2n) is 10.3. The van der Waals surface area contributed by atoms with Crippen molar-refractivity contribution in [3.05, 3.63) is 64.0 Å². The van der Waals surface area contributed by atoms with Crippen LogP contribution in [0.15, 0.2) is 30.5 Å². The monoisotopic (exact) mass is 470 g/mol. The van der Waals surface area contributed by atoms with Gasteiger partial charge in [-0.15, -0.1) is 5.54 Å². The summed E-state index contributed by atoms with van der Waals surface area (Å²) < 4.78 is 5.62. The lowest BCUT2D eigenvalue weighted by Crippen LogP contribution is -2.33. The highest BCUT2D eigenvalue weighted by atomic mass is 28.3. The second kappa shape index (κ2) is 8.53. The molecule has 2 N–H and O–H groups in total. The van der Waals surface area contributed by atoms with Gasteiger partial charge in [-0.25, -0.2) is 4.98 Å². The molecule has 0 bridgehead atoms. The van der Waals surface area contributed by atoms with Gasteiger partial charge in [-0.05, 0) is 55.2 Å². The second-order valence-corrected chi connectivity index (χ2v) is 15.1. The Morgan fingerprint density at radius 2 is 1.97 bits per heavy atom. The van der Waals surface area contributed by atoms with E-state index < -0.39 is 8.07 Å². The van der Waals surface area contributed by atoms with Crippen molar-refractivity contribution in [2.45, 2.75) is 65.2 Å². The molecule has 0 radical (unpaired) electrons. The minimum absolute atomic E-state index is 0.0378. The summed E-state index contributed by atoms with van der Waals surface area (Å²) >= 11 is 0. The van der Waals surface area contributed by atoms with Crippen LogP contribution in [0.2, 0.25) is 19.6 Å². The van der Waals surface area contributed by atoms with Crippen LogP contribution < -0.4 is 5.73 Å². The van der Waals surface area contributed by atoms with Crippen LogP contribution in [0.25, 0.3) is 10.9 Å². The Balaban J connectivity index is 1.44. The Hall–Kier alpha value is -3.21. The van der Waals surface area contributed by atoms with E-state index in [2.05, 4.69) is 41.1 Å². The number of aryl methyl sites for hydroxylation is 1. The van der Waals surface area contributed by atoms with Gasteiger partial charge in [0, 0.05) is 34.3 Å². The zero-order chi connectivity index (χ0) is 24.0.